The van der Waals surface area contributed by atoms with Crippen molar-refractivity contribution in [2.24, 2.45) is 0 Å². The molecule has 0 aliphatic heterocycles. The second-order valence-electron chi connectivity index (χ2n) is 4.41. The first-order valence-corrected chi connectivity index (χ1v) is 6.01. The van der Waals surface area contributed by atoms with Crippen LogP contribution in [0.3, 0.4) is 0 Å². The molecule has 1 aliphatic rings. The first-order valence-electron chi connectivity index (χ1n) is 6.01. The first-order chi connectivity index (χ1) is 9.11. The summed E-state index contributed by atoms with van der Waals surface area (Å²) < 4.78 is 5.28. The maximum Gasteiger partial charge on any atom is 0.339 e. The molecule has 1 aromatic carbocycles. The molecule has 0 aromatic heterocycles. The van der Waals surface area contributed by atoms with Gasteiger partial charge in [-0.2, -0.15) is 5.26 Å². The van der Waals surface area contributed by atoms with Gasteiger partial charge in [0.05, 0.1) is 16.1 Å². The number of nitro benzene ring substituents is 1. The fourth-order valence-corrected chi connectivity index (χ4v) is 2.14. The Balaban J connectivity index is 2.21. The van der Waals surface area contributed by atoms with Gasteiger partial charge in [-0.1, -0.05) is 0 Å². The third-order valence-corrected chi connectivity index (χ3v) is 3.13. The van der Waals surface area contributed by atoms with Crippen LogP contribution in [0.5, 0.6) is 0 Å². The van der Waals surface area contributed by atoms with Crippen molar-refractivity contribution in [2.75, 3.05) is 0 Å². The van der Waals surface area contributed by atoms with Crippen LogP contribution in [-0.4, -0.2) is 17.0 Å². The summed E-state index contributed by atoms with van der Waals surface area (Å²) in [6.45, 7) is 0. The number of nitro groups is 1. The lowest BCUT2D eigenvalue weighted by Crippen LogP contribution is -2.15. The molecule has 6 heteroatoms. The van der Waals surface area contributed by atoms with Gasteiger partial charge in [0.25, 0.3) is 5.69 Å². The van der Waals surface area contributed by atoms with Gasteiger partial charge in [0.2, 0.25) is 0 Å². The average molecular weight is 260 g/mol. The van der Waals surface area contributed by atoms with Gasteiger partial charge in [0.1, 0.15) is 12.2 Å². The number of benzene rings is 1. The zero-order chi connectivity index (χ0) is 13.8. The predicted octanol–water partition coefficient (Wildman–Crippen LogP) is 2.57. The molecule has 1 saturated carbocycles. The van der Waals surface area contributed by atoms with Crippen molar-refractivity contribution in [1.29, 1.82) is 5.26 Å². The molecule has 0 N–H and O–H groups in total. The molecule has 1 aromatic rings. The van der Waals surface area contributed by atoms with Crippen LogP contribution in [0, 0.1) is 21.4 Å². The molecule has 0 amide bonds. The molecule has 0 unspecified atom stereocenters. The van der Waals surface area contributed by atoms with E-state index in [1.807, 2.05) is 0 Å². The minimum absolute atomic E-state index is 0.0304. The fraction of sp³-hybridized carbons (Fsp3) is 0.385. The van der Waals surface area contributed by atoms with Crippen LogP contribution >= 0.6 is 0 Å². The van der Waals surface area contributed by atoms with Crippen molar-refractivity contribution < 1.29 is 14.5 Å². The van der Waals surface area contributed by atoms with Crippen molar-refractivity contribution in [3.05, 3.63) is 39.4 Å². The molecule has 19 heavy (non-hydrogen) atoms. The standard InChI is InChI=1S/C13H12N2O4/c14-8-9-7-10(15(17)18)5-6-12(9)13(16)19-11-3-1-2-4-11/h5-7,11H,1-4H2. The summed E-state index contributed by atoms with van der Waals surface area (Å²) in [7, 11) is 0. The van der Waals surface area contributed by atoms with E-state index < -0.39 is 10.9 Å². The highest BCUT2D eigenvalue weighted by molar-refractivity contribution is 5.92. The molecular formula is C13H12N2O4. The summed E-state index contributed by atoms with van der Waals surface area (Å²) in [6, 6.07) is 5.35. The second kappa shape index (κ2) is 5.48. The van der Waals surface area contributed by atoms with Crippen LogP contribution in [-0.2, 0) is 4.74 Å². The first kappa shape index (κ1) is 13.0. The summed E-state index contributed by atoms with van der Waals surface area (Å²) in [5.74, 6) is -0.585. The Labute approximate surface area is 109 Å². The lowest BCUT2D eigenvalue weighted by Gasteiger charge is -2.11. The van der Waals surface area contributed by atoms with Crippen LogP contribution in [0.4, 0.5) is 5.69 Å². The number of hydrogen-bond donors (Lipinski definition) is 0. The Morgan fingerprint density at radius 3 is 2.68 bits per heavy atom. The zero-order valence-electron chi connectivity index (χ0n) is 10.2. The number of non-ortho nitro benzene ring substituents is 1. The third kappa shape index (κ3) is 2.88. The molecule has 0 bridgehead atoms. The van der Waals surface area contributed by atoms with Gasteiger partial charge in [0.15, 0.2) is 0 Å². The molecule has 0 atom stereocenters. The molecule has 6 nitrogen and oxygen atoms in total. The van der Waals surface area contributed by atoms with Crippen LogP contribution in [0.25, 0.3) is 0 Å². The highest BCUT2D eigenvalue weighted by Gasteiger charge is 2.23. The Bertz CT molecular complexity index is 556. The number of hydrogen-bond acceptors (Lipinski definition) is 5. The highest BCUT2D eigenvalue weighted by atomic mass is 16.6. The number of carbonyl (C=O) groups is 1. The van der Waals surface area contributed by atoms with Crippen molar-refractivity contribution in [3.63, 3.8) is 0 Å². The SMILES string of the molecule is N#Cc1cc([N+](=O)[O-])ccc1C(=O)OC1CCCC1. The van der Waals surface area contributed by atoms with Crippen LogP contribution in [0.1, 0.15) is 41.6 Å². The van der Waals surface area contributed by atoms with E-state index in [1.54, 1.807) is 6.07 Å². The normalized spacial score (nSPS) is 14.9. The molecule has 0 radical (unpaired) electrons. The molecule has 1 aliphatic carbocycles. The quantitative estimate of drug-likeness (QED) is 0.473. The lowest BCUT2D eigenvalue weighted by molar-refractivity contribution is -0.384. The van der Waals surface area contributed by atoms with Crippen molar-refractivity contribution in [3.8, 4) is 6.07 Å². The number of nitriles is 1. The lowest BCUT2D eigenvalue weighted by atomic mass is 10.1. The van der Waals surface area contributed by atoms with Crippen molar-refractivity contribution >= 4 is 11.7 Å². The Hall–Kier alpha value is -2.42. The van der Waals surface area contributed by atoms with Crippen LogP contribution in [0.2, 0.25) is 0 Å². The summed E-state index contributed by atoms with van der Waals surface area (Å²) in [5, 5.41) is 19.6. The zero-order valence-corrected chi connectivity index (χ0v) is 10.2. The number of nitrogens with zero attached hydrogens (tertiary/aromatic N) is 2. The fourth-order valence-electron chi connectivity index (χ4n) is 2.14. The Kier molecular flexibility index (Phi) is 3.76. The van der Waals surface area contributed by atoms with E-state index in [2.05, 4.69) is 0 Å². The van der Waals surface area contributed by atoms with Crippen molar-refractivity contribution in [2.45, 2.75) is 31.8 Å². The minimum atomic E-state index is -0.604. The van der Waals surface area contributed by atoms with E-state index in [0.717, 1.165) is 31.7 Å². The monoisotopic (exact) mass is 260 g/mol. The van der Waals surface area contributed by atoms with Crippen LogP contribution < -0.4 is 0 Å². The maximum atomic E-state index is 11.9. The molecule has 0 heterocycles. The van der Waals surface area contributed by atoms with Gasteiger partial charge in [-0.25, -0.2) is 4.79 Å². The van der Waals surface area contributed by atoms with Gasteiger partial charge in [-0.15, -0.1) is 0 Å². The molecule has 1 fully saturated rings. The summed E-state index contributed by atoms with van der Waals surface area (Å²) in [6.07, 6.45) is 3.63. The topological polar surface area (TPSA) is 93.2 Å². The largest absolute Gasteiger partial charge is 0.459 e. The Morgan fingerprint density at radius 1 is 1.42 bits per heavy atom. The maximum absolute atomic E-state index is 11.9. The van der Waals surface area contributed by atoms with Gasteiger partial charge in [0, 0.05) is 12.1 Å². The smallest absolute Gasteiger partial charge is 0.339 e. The van der Waals surface area contributed by atoms with E-state index in [-0.39, 0.29) is 22.9 Å². The minimum Gasteiger partial charge on any atom is -0.459 e. The summed E-state index contributed by atoms with van der Waals surface area (Å²) in [5.41, 5.74) is -0.161. The summed E-state index contributed by atoms with van der Waals surface area (Å²) in [4.78, 5) is 21.9. The molecule has 2 rings (SSSR count). The Morgan fingerprint density at radius 2 is 2.11 bits per heavy atom. The average Bonchev–Trinajstić information content (AvgIpc) is 2.90. The van der Waals surface area contributed by atoms with Gasteiger partial charge < -0.3 is 4.74 Å². The molecule has 98 valence electrons. The van der Waals surface area contributed by atoms with Gasteiger partial charge in [-0.3, -0.25) is 10.1 Å². The van der Waals surface area contributed by atoms with E-state index in [9.17, 15) is 14.9 Å². The summed E-state index contributed by atoms with van der Waals surface area (Å²) >= 11 is 0. The van der Waals surface area contributed by atoms with E-state index in [4.69, 9.17) is 10.00 Å². The van der Waals surface area contributed by atoms with Crippen molar-refractivity contribution in [1.82, 2.24) is 0 Å². The second-order valence-corrected chi connectivity index (χ2v) is 4.41. The van der Waals surface area contributed by atoms with Crippen LogP contribution in [0.15, 0.2) is 18.2 Å². The predicted molar refractivity (Wildman–Crippen MR) is 65.5 cm³/mol. The van der Waals surface area contributed by atoms with E-state index in [0.29, 0.717) is 0 Å². The van der Waals surface area contributed by atoms with E-state index >= 15 is 0 Å². The number of carbonyl (C=O) groups excluding carboxylic acids is 1. The third-order valence-electron chi connectivity index (χ3n) is 3.13. The molecular weight excluding hydrogens is 248 g/mol. The van der Waals surface area contributed by atoms with Gasteiger partial charge in [-0.05, 0) is 31.7 Å². The molecule has 0 saturated heterocycles. The molecule has 0 spiro atoms. The number of rotatable bonds is 3. The van der Waals surface area contributed by atoms with Gasteiger partial charge >= 0.3 is 5.97 Å². The highest BCUT2D eigenvalue weighted by Crippen LogP contribution is 2.24. The number of ether oxygens (including phenoxy) is 1. The van der Waals surface area contributed by atoms with E-state index in [1.165, 1.54) is 12.1 Å². The number of esters is 1.